The molecular weight excluding hydrogens is 186 g/mol. The first-order valence-electron chi connectivity index (χ1n) is 4.09. The summed E-state index contributed by atoms with van der Waals surface area (Å²) in [5.41, 5.74) is 5.38. The van der Waals surface area contributed by atoms with E-state index in [2.05, 4.69) is 22.9 Å². The van der Waals surface area contributed by atoms with Crippen LogP contribution in [0.4, 0.5) is 0 Å². The number of thiol groups is 1. The highest BCUT2D eigenvalue weighted by Crippen LogP contribution is 2.14. The molecule has 0 bridgehead atoms. The third-order valence-corrected chi connectivity index (χ3v) is 1.83. The number of ketones is 1. The summed E-state index contributed by atoms with van der Waals surface area (Å²) in [6, 6.07) is 0. The van der Waals surface area contributed by atoms with Crippen molar-refractivity contribution < 1.29 is 4.79 Å². The summed E-state index contributed by atoms with van der Waals surface area (Å²) < 4.78 is -0.570. The normalized spacial score (nSPS) is 12.8. The average molecular weight is 203 g/mol. The van der Waals surface area contributed by atoms with Gasteiger partial charge in [0.25, 0.3) is 0 Å². The van der Waals surface area contributed by atoms with Gasteiger partial charge in [0.15, 0.2) is 5.96 Å². The molecule has 76 valence electrons. The van der Waals surface area contributed by atoms with Crippen molar-refractivity contribution in [2.45, 2.75) is 25.0 Å². The zero-order chi connectivity index (χ0) is 10.5. The first-order valence-corrected chi connectivity index (χ1v) is 4.54. The lowest BCUT2D eigenvalue weighted by atomic mass is 10.1. The minimum absolute atomic E-state index is 0.0900. The molecule has 0 unspecified atom stereocenters. The maximum Gasteiger partial charge on any atom is 0.188 e. The Morgan fingerprint density at radius 3 is 2.54 bits per heavy atom. The number of hydrogen-bond donors (Lipinski definition) is 3. The Kier molecular flexibility index (Phi) is 4.83. The van der Waals surface area contributed by atoms with Gasteiger partial charge < -0.3 is 11.1 Å². The number of nitrogens with one attached hydrogen (secondary N) is 1. The van der Waals surface area contributed by atoms with Gasteiger partial charge in [0.05, 0.1) is 4.75 Å². The second kappa shape index (κ2) is 5.11. The lowest BCUT2D eigenvalue weighted by Gasteiger charge is -2.15. The van der Waals surface area contributed by atoms with Gasteiger partial charge in [-0.05, 0) is 13.8 Å². The van der Waals surface area contributed by atoms with Gasteiger partial charge in [0.2, 0.25) is 0 Å². The number of rotatable bonds is 4. The summed E-state index contributed by atoms with van der Waals surface area (Å²) >= 11 is 4.16. The number of nitrogens with zero attached hydrogens (tertiary/aromatic N) is 1. The van der Waals surface area contributed by atoms with Crippen LogP contribution in [0.25, 0.3) is 0 Å². The van der Waals surface area contributed by atoms with Crippen LogP contribution in [0.5, 0.6) is 0 Å². The molecule has 0 atom stereocenters. The Morgan fingerprint density at radius 2 is 2.15 bits per heavy atom. The maximum atomic E-state index is 11.3. The van der Waals surface area contributed by atoms with Crippen molar-refractivity contribution in [2.75, 3.05) is 13.6 Å². The van der Waals surface area contributed by atoms with Crippen molar-refractivity contribution in [2.24, 2.45) is 10.7 Å². The SMILES string of the molecule is CN=C(N)NCCC(=O)C(C)(C)S. The van der Waals surface area contributed by atoms with Gasteiger partial charge in [0, 0.05) is 20.0 Å². The van der Waals surface area contributed by atoms with Crippen LogP contribution in [0.3, 0.4) is 0 Å². The van der Waals surface area contributed by atoms with Crippen LogP contribution < -0.4 is 11.1 Å². The molecule has 0 radical (unpaired) electrons. The fourth-order valence-electron chi connectivity index (χ4n) is 0.689. The fraction of sp³-hybridized carbons (Fsp3) is 0.750. The average Bonchev–Trinajstić information content (AvgIpc) is 2.02. The number of hydrogen-bond acceptors (Lipinski definition) is 3. The van der Waals surface area contributed by atoms with E-state index in [0.29, 0.717) is 18.9 Å². The number of guanidine groups is 1. The summed E-state index contributed by atoms with van der Waals surface area (Å²) in [5.74, 6) is 0.442. The predicted octanol–water partition coefficient (Wildman–Crippen LogP) is 0.188. The second-order valence-electron chi connectivity index (χ2n) is 3.27. The van der Waals surface area contributed by atoms with E-state index >= 15 is 0 Å². The first-order chi connectivity index (χ1) is 5.88. The molecule has 0 rings (SSSR count). The summed E-state index contributed by atoms with van der Waals surface area (Å²) in [4.78, 5) is 15.0. The summed E-state index contributed by atoms with van der Waals surface area (Å²) in [5, 5.41) is 2.81. The first kappa shape index (κ1) is 12.3. The molecule has 0 aliphatic rings. The van der Waals surface area contributed by atoms with Crippen LogP contribution in [-0.2, 0) is 4.79 Å². The zero-order valence-electron chi connectivity index (χ0n) is 8.29. The molecule has 4 nitrogen and oxygen atoms in total. The van der Waals surface area contributed by atoms with E-state index in [-0.39, 0.29) is 5.78 Å². The standard InChI is InChI=1S/C8H17N3OS/c1-8(2,13)6(12)4-5-11-7(9)10-3/h13H,4-5H2,1-3H3,(H3,9,10,11). The van der Waals surface area contributed by atoms with Crippen LogP contribution >= 0.6 is 12.6 Å². The molecule has 3 N–H and O–H groups in total. The Labute approximate surface area is 84.4 Å². The Morgan fingerprint density at radius 1 is 1.62 bits per heavy atom. The van der Waals surface area contributed by atoms with Crippen LogP contribution in [0.2, 0.25) is 0 Å². The zero-order valence-corrected chi connectivity index (χ0v) is 9.19. The molecule has 5 heteroatoms. The Bertz CT molecular complexity index is 208. The van der Waals surface area contributed by atoms with E-state index in [0.717, 1.165) is 0 Å². The summed E-state index contributed by atoms with van der Waals surface area (Å²) in [6.07, 6.45) is 0.409. The lowest BCUT2D eigenvalue weighted by Crippen LogP contribution is -2.35. The molecule has 0 aromatic heterocycles. The topological polar surface area (TPSA) is 67.5 Å². The van der Waals surface area contributed by atoms with Crippen molar-refractivity contribution in [3.05, 3.63) is 0 Å². The van der Waals surface area contributed by atoms with Gasteiger partial charge in [0.1, 0.15) is 5.78 Å². The van der Waals surface area contributed by atoms with E-state index in [9.17, 15) is 4.79 Å². The van der Waals surface area contributed by atoms with Gasteiger partial charge in [-0.2, -0.15) is 12.6 Å². The largest absolute Gasteiger partial charge is 0.370 e. The minimum Gasteiger partial charge on any atom is -0.370 e. The molecule has 13 heavy (non-hydrogen) atoms. The lowest BCUT2D eigenvalue weighted by molar-refractivity contribution is -0.120. The molecule has 0 fully saturated rings. The monoisotopic (exact) mass is 203 g/mol. The van der Waals surface area contributed by atoms with Gasteiger partial charge in [-0.3, -0.25) is 9.79 Å². The van der Waals surface area contributed by atoms with Crippen molar-refractivity contribution in [1.29, 1.82) is 0 Å². The third-order valence-electron chi connectivity index (χ3n) is 1.58. The van der Waals surface area contributed by atoms with Crippen molar-refractivity contribution in [3.63, 3.8) is 0 Å². The van der Waals surface area contributed by atoms with Crippen LogP contribution in [0, 0.1) is 0 Å². The summed E-state index contributed by atoms with van der Waals surface area (Å²) in [7, 11) is 1.59. The highest BCUT2D eigenvalue weighted by Gasteiger charge is 2.21. The molecule has 0 amide bonds. The number of aliphatic imine (C=N–C) groups is 1. The van der Waals surface area contributed by atoms with Gasteiger partial charge in [-0.1, -0.05) is 0 Å². The van der Waals surface area contributed by atoms with Crippen molar-refractivity contribution >= 4 is 24.4 Å². The molecule has 0 saturated heterocycles. The van der Waals surface area contributed by atoms with Gasteiger partial charge >= 0.3 is 0 Å². The highest BCUT2D eigenvalue weighted by atomic mass is 32.1. The minimum atomic E-state index is -0.570. The van der Waals surface area contributed by atoms with Crippen LogP contribution in [-0.4, -0.2) is 30.1 Å². The summed E-state index contributed by atoms with van der Waals surface area (Å²) in [6.45, 7) is 4.05. The van der Waals surface area contributed by atoms with Crippen LogP contribution in [0.1, 0.15) is 20.3 Å². The molecule has 0 heterocycles. The maximum absolute atomic E-state index is 11.3. The van der Waals surface area contributed by atoms with Gasteiger partial charge in [-0.15, -0.1) is 0 Å². The molecule has 0 aromatic rings. The number of Topliss-reactive ketones (excluding diaryl/α,β-unsaturated/α-hetero) is 1. The number of nitrogens with two attached hydrogens (primary N) is 1. The molecule has 0 spiro atoms. The Hall–Kier alpha value is -0.710. The molecule has 0 saturated carbocycles. The third kappa shape index (κ3) is 5.52. The van der Waals surface area contributed by atoms with E-state index in [1.165, 1.54) is 0 Å². The van der Waals surface area contributed by atoms with E-state index < -0.39 is 4.75 Å². The quantitative estimate of drug-likeness (QED) is 0.347. The predicted molar refractivity (Wildman–Crippen MR) is 58.2 cm³/mol. The number of carbonyl (C=O) groups excluding carboxylic acids is 1. The van der Waals surface area contributed by atoms with Crippen molar-refractivity contribution in [1.82, 2.24) is 5.32 Å². The molecule has 0 aliphatic heterocycles. The smallest absolute Gasteiger partial charge is 0.188 e. The fourth-order valence-corrected chi connectivity index (χ4v) is 0.801. The van der Waals surface area contributed by atoms with E-state index in [4.69, 9.17) is 5.73 Å². The van der Waals surface area contributed by atoms with Crippen molar-refractivity contribution in [3.8, 4) is 0 Å². The van der Waals surface area contributed by atoms with Crippen LogP contribution in [0.15, 0.2) is 4.99 Å². The highest BCUT2D eigenvalue weighted by molar-refractivity contribution is 7.82. The Balaban J connectivity index is 3.73. The second-order valence-corrected chi connectivity index (χ2v) is 4.39. The molecule has 0 aliphatic carbocycles. The molecule has 0 aromatic carbocycles. The van der Waals surface area contributed by atoms with E-state index in [1.54, 1.807) is 20.9 Å². The van der Waals surface area contributed by atoms with Gasteiger partial charge in [-0.25, -0.2) is 0 Å². The number of carbonyl (C=O) groups is 1. The van der Waals surface area contributed by atoms with E-state index in [1.807, 2.05) is 0 Å². The molecular formula is C8H17N3OS.